The van der Waals surface area contributed by atoms with Gasteiger partial charge in [0.1, 0.15) is 0 Å². The Morgan fingerprint density at radius 2 is 1.79 bits per heavy atom. The number of rotatable bonds is 7. The minimum absolute atomic E-state index is 0.335. The lowest BCUT2D eigenvalue weighted by molar-refractivity contribution is 0.130. The number of nitrogens with two attached hydrogens (primary N) is 1. The molecule has 0 heterocycles. The smallest absolute Gasteiger partial charge is 0.0131 e. The fourth-order valence-electron chi connectivity index (χ4n) is 3.69. The van der Waals surface area contributed by atoms with Crippen LogP contribution in [0.15, 0.2) is 0 Å². The summed E-state index contributed by atoms with van der Waals surface area (Å²) in [6, 6.07) is 1.11. The van der Waals surface area contributed by atoms with Gasteiger partial charge in [-0.3, -0.25) is 4.90 Å². The Morgan fingerprint density at radius 3 is 2.16 bits per heavy atom. The molecule has 1 saturated carbocycles. The molecule has 1 fully saturated rings. The fourth-order valence-corrected chi connectivity index (χ4v) is 3.69. The Morgan fingerprint density at radius 1 is 1.21 bits per heavy atom. The van der Waals surface area contributed by atoms with E-state index >= 15 is 0 Å². The molecule has 0 aromatic heterocycles. The van der Waals surface area contributed by atoms with Crippen molar-refractivity contribution in [3.63, 3.8) is 0 Å². The van der Waals surface area contributed by atoms with Crippen molar-refractivity contribution in [2.24, 2.45) is 23.0 Å². The zero-order chi connectivity index (χ0) is 14.6. The fraction of sp³-hybridized carbons (Fsp3) is 1.00. The molecule has 2 N–H and O–H groups in total. The molecule has 2 nitrogen and oxygen atoms in total. The lowest BCUT2D eigenvalue weighted by atomic mass is 9.85. The standard InChI is InChI=1S/C17H36N2/c1-7-15(8-2)19(11-13(3)4)12-14-9-10-17(5,6)16(14)18/h13-16H,7-12,18H2,1-6H3. The van der Waals surface area contributed by atoms with Crippen LogP contribution in [0.4, 0.5) is 0 Å². The molecule has 114 valence electrons. The first-order valence-corrected chi connectivity index (χ1v) is 8.31. The second-order valence-electron chi connectivity index (χ2n) is 7.63. The van der Waals surface area contributed by atoms with Gasteiger partial charge in [-0.2, -0.15) is 0 Å². The van der Waals surface area contributed by atoms with Crippen molar-refractivity contribution in [3.8, 4) is 0 Å². The van der Waals surface area contributed by atoms with Crippen molar-refractivity contribution in [3.05, 3.63) is 0 Å². The van der Waals surface area contributed by atoms with E-state index in [0.717, 1.165) is 12.0 Å². The first kappa shape index (κ1) is 17.0. The summed E-state index contributed by atoms with van der Waals surface area (Å²) in [6.45, 7) is 16.4. The Bertz CT molecular complexity index is 256. The van der Waals surface area contributed by atoms with Gasteiger partial charge in [-0.25, -0.2) is 0 Å². The first-order valence-electron chi connectivity index (χ1n) is 8.31. The highest BCUT2D eigenvalue weighted by Gasteiger charge is 2.40. The summed E-state index contributed by atoms with van der Waals surface area (Å²) in [6.07, 6.45) is 5.11. The van der Waals surface area contributed by atoms with Crippen LogP contribution in [-0.4, -0.2) is 30.1 Å². The Hall–Kier alpha value is -0.0800. The van der Waals surface area contributed by atoms with Gasteiger partial charge in [-0.05, 0) is 42.9 Å². The van der Waals surface area contributed by atoms with Crippen molar-refractivity contribution in [2.75, 3.05) is 13.1 Å². The van der Waals surface area contributed by atoms with E-state index in [1.807, 2.05) is 0 Å². The summed E-state index contributed by atoms with van der Waals surface area (Å²) in [5, 5.41) is 0. The SMILES string of the molecule is CCC(CC)N(CC(C)C)CC1CCC(C)(C)C1N. The van der Waals surface area contributed by atoms with E-state index in [2.05, 4.69) is 46.4 Å². The van der Waals surface area contributed by atoms with Crippen LogP contribution in [0.3, 0.4) is 0 Å². The minimum Gasteiger partial charge on any atom is -0.327 e. The highest BCUT2D eigenvalue weighted by molar-refractivity contribution is 4.95. The van der Waals surface area contributed by atoms with Crippen molar-refractivity contribution >= 4 is 0 Å². The van der Waals surface area contributed by atoms with Crippen LogP contribution >= 0.6 is 0 Å². The van der Waals surface area contributed by atoms with E-state index in [0.29, 0.717) is 17.4 Å². The number of hydrogen-bond donors (Lipinski definition) is 1. The predicted molar refractivity (Wildman–Crippen MR) is 85.3 cm³/mol. The lowest BCUT2D eigenvalue weighted by Crippen LogP contribution is -2.46. The molecule has 1 rings (SSSR count). The monoisotopic (exact) mass is 268 g/mol. The summed E-state index contributed by atoms with van der Waals surface area (Å²) in [7, 11) is 0. The molecule has 0 bridgehead atoms. The highest BCUT2D eigenvalue weighted by atomic mass is 15.2. The van der Waals surface area contributed by atoms with Crippen LogP contribution in [0.25, 0.3) is 0 Å². The van der Waals surface area contributed by atoms with Crippen LogP contribution in [0.2, 0.25) is 0 Å². The average Bonchev–Trinajstić information content (AvgIpc) is 2.57. The molecular formula is C17H36N2. The summed E-state index contributed by atoms with van der Waals surface area (Å²) in [5.74, 6) is 1.43. The zero-order valence-corrected chi connectivity index (χ0v) is 14.1. The molecule has 0 radical (unpaired) electrons. The Balaban J connectivity index is 2.67. The maximum atomic E-state index is 6.49. The van der Waals surface area contributed by atoms with E-state index in [9.17, 15) is 0 Å². The van der Waals surface area contributed by atoms with Crippen LogP contribution < -0.4 is 5.73 Å². The second kappa shape index (κ2) is 7.08. The van der Waals surface area contributed by atoms with Gasteiger partial charge in [-0.1, -0.05) is 41.5 Å². The maximum absolute atomic E-state index is 6.49. The van der Waals surface area contributed by atoms with E-state index in [4.69, 9.17) is 5.73 Å². The zero-order valence-electron chi connectivity index (χ0n) is 14.1. The summed E-state index contributed by atoms with van der Waals surface area (Å²) >= 11 is 0. The Kier molecular flexibility index (Phi) is 6.32. The van der Waals surface area contributed by atoms with Gasteiger partial charge in [0.2, 0.25) is 0 Å². The van der Waals surface area contributed by atoms with Gasteiger partial charge in [0.25, 0.3) is 0 Å². The average molecular weight is 268 g/mol. The first-order chi connectivity index (χ1) is 8.81. The molecule has 2 heteroatoms. The third-order valence-corrected chi connectivity index (χ3v) is 5.10. The van der Waals surface area contributed by atoms with Crippen LogP contribution in [0.1, 0.15) is 67.2 Å². The van der Waals surface area contributed by atoms with E-state index in [1.54, 1.807) is 0 Å². The third kappa shape index (κ3) is 4.46. The van der Waals surface area contributed by atoms with Crippen LogP contribution in [0.5, 0.6) is 0 Å². The molecule has 0 aromatic rings. The largest absolute Gasteiger partial charge is 0.327 e. The maximum Gasteiger partial charge on any atom is 0.0131 e. The lowest BCUT2D eigenvalue weighted by Gasteiger charge is -2.36. The predicted octanol–water partition coefficient (Wildman–Crippen LogP) is 3.90. The summed E-state index contributed by atoms with van der Waals surface area (Å²) in [4.78, 5) is 2.72. The van der Waals surface area contributed by atoms with Gasteiger partial charge in [0.05, 0.1) is 0 Å². The van der Waals surface area contributed by atoms with Gasteiger partial charge >= 0.3 is 0 Å². The summed E-state index contributed by atoms with van der Waals surface area (Å²) in [5.41, 5.74) is 6.83. The quantitative estimate of drug-likeness (QED) is 0.759. The second-order valence-corrected chi connectivity index (χ2v) is 7.63. The van der Waals surface area contributed by atoms with Gasteiger partial charge in [0, 0.05) is 25.2 Å². The van der Waals surface area contributed by atoms with E-state index < -0.39 is 0 Å². The Labute approximate surface area is 121 Å². The molecule has 19 heavy (non-hydrogen) atoms. The molecular weight excluding hydrogens is 232 g/mol. The van der Waals surface area contributed by atoms with Crippen molar-refractivity contribution in [2.45, 2.75) is 79.3 Å². The van der Waals surface area contributed by atoms with Crippen molar-refractivity contribution in [1.29, 1.82) is 0 Å². The normalized spacial score (nSPS) is 26.8. The minimum atomic E-state index is 0.335. The molecule has 1 aliphatic rings. The van der Waals surface area contributed by atoms with Crippen molar-refractivity contribution in [1.82, 2.24) is 4.90 Å². The van der Waals surface area contributed by atoms with Crippen LogP contribution in [0, 0.1) is 17.3 Å². The molecule has 1 aliphatic carbocycles. The topological polar surface area (TPSA) is 29.3 Å². The van der Waals surface area contributed by atoms with Crippen LogP contribution in [-0.2, 0) is 0 Å². The van der Waals surface area contributed by atoms with Gasteiger partial charge in [-0.15, -0.1) is 0 Å². The number of hydrogen-bond acceptors (Lipinski definition) is 2. The van der Waals surface area contributed by atoms with E-state index in [-0.39, 0.29) is 0 Å². The highest BCUT2D eigenvalue weighted by Crippen LogP contribution is 2.40. The van der Waals surface area contributed by atoms with Crippen molar-refractivity contribution < 1.29 is 0 Å². The molecule has 0 aromatic carbocycles. The van der Waals surface area contributed by atoms with E-state index in [1.165, 1.54) is 38.8 Å². The molecule has 0 amide bonds. The summed E-state index contributed by atoms with van der Waals surface area (Å²) < 4.78 is 0. The molecule has 2 unspecified atom stereocenters. The number of nitrogens with zero attached hydrogens (tertiary/aromatic N) is 1. The molecule has 2 atom stereocenters. The molecule has 0 saturated heterocycles. The molecule has 0 spiro atoms. The van der Waals surface area contributed by atoms with Gasteiger partial charge < -0.3 is 5.73 Å². The van der Waals surface area contributed by atoms with Gasteiger partial charge in [0.15, 0.2) is 0 Å². The molecule has 0 aliphatic heterocycles. The third-order valence-electron chi connectivity index (χ3n) is 5.10.